The number of esters is 2. The first-order valence-corrected chi connectivity index (χ1v) is 23.4. The number of unbranched alkanes of at least 4 members (excludes halogenated alkanes) is 3. The van der Waals surface area contributed by atoms with Gasteiger partial charge in [-0.15, -0.1) is 47.0 Å². The number of hydrogen-bond acceptors (Lipinski definition) is 12. The summed E-state index contributed by atoms with van der Waals surface area (Å²) in [5, 5.41) is 26.5. The van der Waals surface area contributed by atoms with Crippen LogP contribution in [0.3, 0.4) is 0 Å². The number of hydrogen-bond donors (Lipinski definition) is 2. The average Bonchev–Trinajstić information content (AvgIpc) is 3.46. The van der Waals surface area contributed by atoms with Crippen molar-refractivity contribution < 1.29 is 38.7 Å². The van der Waals surface area contributed by atoms with Crippen molar-refractivity contribution in [3.05, 3.63) is 24.3 Å². The van der Waals surface area contributed by atoms with Crippen LogP contribution in [0.4, 0.5) is 0 Å². The normalized spacial score (nSPS) is 44.0. The molecule has 4 saturated heterocycles. The first-order chi connectivity index (χ1) is 24.7. The second kappa shape index (κ2) is 15.3. The topological polar surface area (TPSA) is 112 Å². The van der Waals surface area contributed by atoms with Gasteiger partial charge in [-0.05, 0) is 113 Å². The van der Waals surface area contributed by atoms with Gasteiger partial charge < -0.3 is 29.2 Å². The molecule has 51 heavy (non-hydrogen) atoms. The van der Waals surface area contributed by atoms with Crippen molar-refractivity contribution in [2.75, 3.05) is 37.2 Å². The molecule has 8 rings (SSSR count). The Morgan fingerprint density at radius 2 is 1.63 bits per heavy atom. The summed E-state index contributed by atoms with van der Waals surface area (Å²) >= 11 is 7.66. The fraction of sp³-hybridized carbons (Fsp3) is 0.846. The van der Waals surface area contributed by atoms with Gasteiger partial charge in [-0.25, -0.2) is 0 Å². The largest absolute Gasteiger partial charge is 0.469 e. The molecule has 11 atom stereocenters. The van der Waals surface area contributed by atoms with Crippen molar-refractivity contribution in [3.63, 3.8) is 0 Å². The molecular formula is C39H58O8S4. The third-order valence-electron chi connectivity index (χ3n) is 13.7. The third-order valence-corrected chi connectivity index (χ3v) is 20.3. The molecule has 12 heteroatoms. The van der Waals surface area contributed by atoms with Gasteiger partial charge in [-0.3, -0.25) is 9.59 Å². The van der Waals surface area contributed by atoms with Gasteiger partial charge in [0.25, 0.3) is 0 Å². The second-order valence-electron chi connectivity index (χ2n) is 15.8. The van der Waals surface area contributed by atoms with Gasteiger partial charge in [0.2, 0.25) is 5.79 Å². The quantitative estimate of drug-likeness (QED) is 0.104. The van der Waals surface area contributed by atoms with E-state index in [4.69, 9.17) is 18.9 Å². The minimum Gasteiger partial charge on any atom is -0.469 e. The summed E-state index contributed by atoms with van der Waals surface area (Å²) in [5.41, 5.74) is -4.29. The number of methoxy groups -OCH3 is 2. The summed E-state index contributed by atoms with van der Waals surface area (Å²) in [5.74, 6) is -0.926. The van der Waals surface area contributed by atoms with Gasteiger partial charge in [0.1, 0.15) is 5.60 Å². The highest BCUT2D eigenvalue weighted by atomic mass is 32.2. The molecule has 8 fully saturated rings. The van der Waals surface area contributed by atoms with Crippen LogP contribution in [0.5, 0.6) is 0 Å². The molecule has 0 amide bonds. The molecule has 8 aliphatic rings. The molecule has 0 aromatic heterocycles. The molecule has 2 N–H and O–H groups in total. The molecule has 4 aliphatic carbocycles. The number of aliphatic hydroxyl groups excluding tert-OH is 1. The van der Waals surface area contributed by atoms with E-state index in [0.717, 1.165) is 80.8 Å². The van der Waals surface area contributed by atoms with E-state index in [9.17, 15) is 19.8 Å². The molecule has 4 heterocycles. The summed E-state index contributed by atoms with van der Waals surface area (Å²) in [7, 11) is 2.78. The van der Waals surface area contributed by atoms with Crippen molar-refractivity contribution in [3.8, 4) is 0 Å². The van der Waals surface area contributed by atoms with Crippen molar-refractivity contribution in [2.24, 2.45) is 40.4 Å². The zero-order valence-electron chi connectivity index (χ0n) is 30.7. The Balaban J connectivity index is 1.40. The van der Waals surface area contributed by atoms with E-state index in [1.165, 1.54) is 14.2 Å². The fourth-order valence-electron chi connectivity index (χ4n) is 12.0. The summed E-state index contributed by atoms with van der Waals surface area (Å²) in [4.78, 5) is 28.9. The second-order valence-corrected chi connectivity index (χ2v) is 21.9. The number of aliphatic hydroxyl groups is 2. The van der Waals surface area contributed by atoms with Crippen molar-refractivity contribution in [1.29, 1.82) is 0 Å². The van der Waals surface area contributed by atoms with Crippen LogP contribution in [-0.2, 0) is 28.5 Å². The maximum absolute atomic E-state index is 14.6. The van der Waals surface area contributed by atoms with Gasteiger partial charge in [0.15, 0.2) is 6.29 Å². The van der Waals surface area contributed by atoms with Crippen LogP contribution in [-0.4, -0.2) is 91.8 Å². The Bertz CT molecular complexity index is 1350. The summed E-state index contributed by atoms with van der Waals surface area (Å²) < 4.78 is 25.5. The number of thioether (sulfide) groups is 4. The number of ether oxygens (including phenoxy) is 4. The number of carbonyl (C=O) groups excluding carboxylic acids is 2. The van der Waals surface area contributed by atoms with Gasteiger partial charge >= 0.3 is 11.9 Å². The molecule has 0 unspecified atom stereocenters. The summed E-state index contributed by atoms with van der Waals surface area (Å²) in [6.07, 6.45) is 17.3. The first kappa shape index (κ1) is 38.9. The zero-order valence-corrected chi connectivity index (χ0v) is 34.0. The van der Waals surface area contributed by atoms with E-state index >= 15 is 0 Å². The summed E-state index contributed by atoms with van der Waals surface area (Å²) in [6.45, 7) is 4.11. The van der Waals surface area contributed by atoms with Gasteiger partial charge in [0, 0.05) is 11.8 Å². The Hall–Kier alpha value is -0.340. The standard InChI is InChI=1S/C39H58O8S4/c1-5-7-9-10-11-12-16-25-26-22-27(37(17-13-8-6-2)50-20-15-21-51-37)46-39-29(26)30(32(40)44-3)36(34(42)45-4)24-35(33(41)47-39,38(39,43)31(25)36)23-28-48-18-14-19-49-28/h5-8,25-31,33,41,43H,9-24H2,1-4H3/b7-5+,8-6+/t25-,26-,27-,29-,30+,31+,33-,35+,36+,38-,39+/m1/s1. The SMILES string of the molecule is C/C=C/CCCCC[C@@H]1[C@H]2C[C@H](C3(CC/C=C/C)SCCCS3)O[C@]34O[C@@H](O)[C@]5(CC6SCCCS6)C[C@](C(=O)OC)([C@H](C(=O)OC)[C@@H]23)[C@H]1[C@@]54O. The minimum atomic E-state index is -1.71. The van der Waals surface area contributed by atoms with Gasteiger partial charge in [-0.1, -0.05) is 37.1 Å². The predicted octanol–water partition coefficient (Wildman–Crippen LogP) is 7.42. The Morgan fingerprint density at radius 3 is 2.31 bits per heavy atom. The zero-order chi connectivity index (χ0) is 36.1. The van der Waals surface area contributed by atoms with Crippen LogP contribution >= 0.6 is 47.0 Å². The van der Waals surface area contributed by atoms with E-state index in [2.05, 4.69) is 38.2 Å². The van der Waals surface area contributed by atoms with Crippen molar-refractivity contribution in [1.82, 2.24) is 0 Å². The van der Waals surface area contributed by atoms with Crippen LogP contribution in [0.25, 0.3) is 0 Å². The minimum absolute atomic E-state index is 0.0623. The lowest BCUT2D eigenvalue weighted by atomic mass is 9.38. The van der Waals surface area contributed by atoms with Crippen LogP contribution in [0.15, 0.2) is 24.3 Å². The lowest BCUT2D eigenvalue weighted by Crippen LogP contribution is -2.82. The Kier molecular flexibility index (Phi) is 11.7. The van der Waals surface area contributed by atoms with Crippen LogP contribution in [0.2, 0.25) is 0 Å². The first-order valence-electron chi connectivity index (χ1n) is 19.3. The molecule has 6 bridgehead atoms. The highest BCUT2D eigenvalue weighted by molar-refractivity contribution is 8.19. The molecule has 0 aromatic carbocycles. The van der Waals surface area contributed by atoms with Crippen molar-refractivity contribution >= 4 is 59.0 Å². The molecule has 8 nitrogen and oxygen atoms in total. The molecule has 0 radical (unpaired) electrons. The molecule has 286 valence electrons. The number of carbonyl (C=O) groups is 2. The van der Waals surface area contributed by atoms with E-state index < -0.39 is 58.2 Å². The average molecular weight is 783 g/mol. The van der Waals surface area contributed by atoms with Crippen LogP contribution in [0, 0.1) is 40.4 Å². The molecular weight excluding hydrogens is 725 g/mol. The van der Waals surface area contributed by atoms with Crippen molar-refractivity contribution in [2.45, 2.75) is 123 Å². The van der Waals surface area contributed by atoms with Gasteiger partial charge in [-0.2, -0.15) is 0 Å². The molecule has 1 spiro atoms. The highest BCUT2D eigenvalue weighted by Crippen LogP contribution is 2.86. The maximum Gasteiger partial charge on any atom is 0.313 e. The Morgan fingerprint density at radius 1 is 0.922 bits per heavy atom. The summed E-state index contributed by atoms with van der Waals surface area (Å²) in [6, 6.07) is 0. The maximum atomic E-state index is 14.6. The van der Waals surface area contributed by atoms with E-state index in [1.807, 2.05) is 47.0 Å². The predicted molar refractivity (Wildman–Crippen MR) is 207 cm³/mol. The van der Waals surface area contributed by atoms with Crippen LogP contribution < -0.4 is 0 Å². The lowest BCUT2D eigenvalue weighted by Gasteiger charge is -2.71. The molecule has 0 aromatic rings. The van der Waals surface area contributed by atoms with Gasteiger partial charge in [0.05, 0.1) is 45.7 Å². The van der Waals surface area contributed by atoms with Crippen LogP contribution in [0.1, 0.15) is 90.9 Å². The molecule has 4 saturated carbocycles. The smallest absolute Gasteiger partial charge is 0.313 e. The number of allylic oxidation sites excluding steroid dienone is 4. The Labute approximate surface area is 321 Å². The highest BCUT2D eigenvalue weighted by Gasteiger charge is 2.97. The number of rotatable bonds is 14. The lowest BCUT2D eigenvalue weighted by molar-refractivity contribution is -0.436. The van der Waals surface area contributed by atoms with E-state index in [-0.39, 0.29) is 33.0 Å². The van der Waals surface area contributed by atoms with E-state index in [1.54, 1.807) is 0 Å². The third kappa shape index (κ3) is 5.70. The molecule has 4 aliphatic heterocycles. The monoisotopic (exact) mass is 782 g/mol. The van der Waals surface area contributed by atoms with E-state index in [0.29, 0.717) is 12.8 Å². The fourth-order valence-corrected chi connectivity index (χ4v) is 18.6.